The fourth-order valence-electron chi connectivity index (χ4n) is 1.73. The molecule has 0 bridgehead atoms. The van der Waals surface area contributed by atoms with Crippen LogP contribution in [0.1, 0.15) is 16.7 Å². The van der Waals surface area contributed by atoms with E-state index in [4.69, 9.17) is 5.73 Å². The molecule has 0 unspecified atom stereocenters. The molecule has 0 aromatic heterocycles. The quantitative estimate of drug-likeness (QED) is 0.850. The third kappa shape index (κ3) is 2.60. The average Bonchev–Trinajstić information content (AvgIpc) is 2.31. The molecule has 2 aromatic carbocycles. The third-order valence-electron chi connectivity index (χ3n) is 2.52. The summed E-state index contributed by atoms with van der Waals surface area (Å²) in [5.41, 5.74) is 9.49. The predicted octanol–water partition coefficient (Wildman–Crippen LogP) is 1.88. The summed E-state index contributed by atoms with van der Waals surface area (Å²) in [7, 11) is 0. The Morgan fingerprint density at radius 1 is 0.938 bits per heavy atom. The van der Waals surface area contributed by atoms with E-state index in [0.717, 1.165) is 16.5 Å². The molecule has 0 fully saturated rings. The van der Waals surface area contributed by atoms with Crippen molar-refractivity contribution < 1.29 is 0 Å². The molecule has 16 heavy (non-hydrogen) atoms. The summed E-state index contributed by atoms with van der Waals surface area (Å²) in [6, 6.07) is 18.6. The van der Waals surface area contributed by atoms with Gasteiger partial charge in [0.1, 0.15) is 0 Å². The number of hydrogen-bond donors (Lipinski definition) is 1. The summed E-state index contributed by atoms with van der Waals surface area (Å²) in [6.45, 7) is 0. The molecule has 1 nitrogen and oxygen atoms in total. The molecular formula is C14H13NSe. The minimum atomic E-state index is 0.756. The Morgan fingerprint density at radius 2 is 1.56 bits per heavy atom. The van der Waals surface area contributed by atoms with Gasteiger partial charge in [-0.15, -0.1) is 0 Å². The number of benzene rings is 2. The molecule has 0 aliphatic carbocycles. The van der Waals surface area contributed by atoms with Gasteiger partial charge in [-0.2, -0.15) is 0 Å². The number of rotatable bonds is 3. The molecule has 0 saturated carbocycles. The van der Waals surface area contributed by atoms with Crippen LogP contribution in [0.4, 0.5) is 0 Å². The number of hydrogen-bond acceptors (Lipinski definition) is 1. The summed E-state index contributed by atoms with van der Waals surface area (Å²) < 4.78 is 0.756. The summed E-state index contributed by atoms with van der Waals surface area (Å²) in [5.74, 6) is 0. The first-order valence-electron chi connectivity index (χ1n) is 5.19. The van der Waals surface area contributed by atoms with Crippen LogP contribution in [0.5, 0.6) is 0 Å². The molecule has 0 aliphatic rings. The monoisotopic (exact) mass is 275 g/mol. The summed E-state index contributed by atoms with van der Waals surface area (Å²) in [4.78, 5) is 0. The molecule has 0 atom stereocenters. The van der Waals surface area contributed by atoms with Crippen LogP contribution in [-0.4, -0.2) is 20.1 Å². The SMILES string of the molecule is NC(=[Se])c1ccccc1Cc1ccccc1. The van der Waals surface area contributed by atoms with Crippen LogP contribution >= 0.6 is 0 Å². The Kier molecular flexibility index (Phi) is 3.55. The molecule has 0 spiro atoms. The van der Waals surface area contributed by atoms with Crippen molar-refractivity contribution >= 4 is 20.1 Å². The van der Waals surface area contributed by atoms with Crippen LogP contribution in [0.25, 0.3) is 0 Å². The molecule has 0 heterocycles. The topological polar surface area (TPSA) is 26.0 Å². The Morgan fingerprint density at radius 3 is 2.25 bits per heavy atom. The fraction of sp³-hybridized carbons (Fsp3) is 0.0714. The third-order valence-corrected chi connectivity index (χ3v) is 2.98. The number of nitrogens with two attached hydrogens (primary N) is 1. The van der Waals surface area contributed by atoms with E-state index in [-0.39, 0.29) is 0 Å². The molecular weight excluding hydrogens is 261 g/mol. The van der Waals surface area contributed by atoms with Gasteiger partial charge in [0.05, 0.1) is 0 Å². The molecule has 0 saturated heterocycles. The summed E-state index contributed by atoms with van der Waals surface area (Å²) in [5, 5.41) is 0. The maximum absolute atomic E-state index is 5.83. The van der Waals surface area contributed by atoms with E-state index in [1.165, 1.54) is 11.1 Å². The van der Waals surface area contributed by atoms with Crippen molar-refractivity contribution in [2.24, 2.45) is 5.73 Å². The van der Waals surface area contributed by atoms with E-state index in [2.05, 4.69) is 45.9 Å². The van der Waals surface area contributed by atoms with Gasteiger partial charge in [0, 0.05) is 0 Å². The van der Waals surface area contributed by atoms with E-state index in [9.17, 15) is 0 Å². The molecule has 2 N–H and O–H groups in total. The van der Waals surface area contributed by atoms with Crippen LogP contribution in [0.15, 0.2) is 54.6 Å². The fourth-order valence-corrected chi connectivity index (χ4v) is 2.15. The average molecular weight is 274 g/mol. The van der Waals surface area contributed by atoms with Gasteiger partial charge >= 0.3 is 104 Å². The Hall–Kier alpha value is -1.37. The van der Waals surface area contributed by atoms with E-state index in [1.54, 1.807) is 0 Å². The zero-order valence-corrected chi connectivity index (χ0v) is 10.6. The van der Waals surface area contributed by atoms with Crippen LogP contribution < -0.4 is 5.73 Å². The second-order valence-electron chi connectivity index (χ2n) is 3.68. The van der Waals surface area contributed by atoms with Gasteiger partial charge in [-0.3, -0.25) is 0 Å². The van der Waals surface area contributed by atoms with Gasteiger partial charge in [0.2, 0.25) is 0 Å². The molecule has 2 aromatic rings. The van der Waals surface area contributed by atoms with E-state index in [1.807, 2.05) is 24.3 Å². The zero-order valence-electron chi connectivity index (χ0n) is 8.89. The molecule has 0 aliphatic heterocycles. The van der Waals surface area contributed by atoms with Crippen molar-refractivity contribution in [1.82, 2.24) is 0 Å². The predicted molar refractivity (Wildman–Crippen MR) is 69.7 cm³/mol. The molecule has 2 heteroatoms. The Balaban J connectivity index is 2.31. The van der Waals surface area contributed by atoms with Crippen LogP contribution in [0.3, 0.4) is 0 Å². The first-order chi connectivity index (χ1) is 7.77. The second-order valence-corrected chi connectivity index (χ2v) is 4.61. The summed E-state index contributed by atoms with van der Waals surface area (Å²) >= 11 is 2.88. The van der Waals surface area contributed by atoms with Crippen molar-refractivity contribution in [2.75, 3.05) is 0 Å². The van der Waals surface area contributed by atoms with Crippen molar-refractivity contribution in [3.05, 3.63) is 71.3 Å². The van der Waals surface area contributed by atoms with Gasteiger partial charge in [0.25, 0.3) is 0 Å². The Labute approximate surface area is 104 Å². The van der Waals surface area contributed by atoms with Crippen LogP contribution in [0, 0.1) is 0 Å². The van der Waals surface area contributed by atoms with E-state index >= 15 is 0 Å². The second kappa shape index (κ2) is 5.11. The van der Waals surface area contributed by atoms with Crippen molar-refractivity contribution in [3.8, 4) is 0 Å². The van der Waals surface area contributed by atoms with Gasteiger partial charge in [0.15, 0.2) is 0 Å². The first-order valence-corrected chi connectivity index (χ1v) is 6.04. The van der Waals surface area contributed by atoms with E-state index < -0.39 is 0 Å². The van der Waals surface area contributed by atoms with Crippen molar-refractivity contribution in [1.29, 1.82) is 0 Å². The van der Waals surface area contributed by atoms with Gasteiger partial charge < -0.3 is 0 Å². The van der Waals surface area contributed by atoms with E-state index in [0.29, 0.717) is 0 Å². The maximum atomic E-state index is 5.83. The van der Waals surface area contributed by atoms with Crippen molar-refractivity contribution in [3.63, 3.8) is 0 Å². The summed E-state index contributed by atoms with van der Waals surface area (Å²) in [6.07, 6.45) is 0.916. The molecule has 0 amide bonds. The Bertz CT molecular complexity index is 491. The molecule has 80 valence electrons. The standard InChI is InChI=1S/C14H13NSe/c15-14(16)13-9-5-4-8-12(13)10-11-6-2-1-3-7-11/h1-9H,10H2,(H2,15,16). The normalized spacial score (nSPS) is 10.0. The molecule has 2 rings (SSSR count). The van der Waals surface area contributed by atoms with Gasteiger partial charge in [-0.05, 0) is 0 Å². The zero-order chi connectivity index (χ0) is 11.4. The van der Waals surface area contributed by atoms with Crippen LogP contribution in [0.2, 0.25) is 0 Å². The minimum absolute atomic E-state index is 0.756. The first kappa shape index (κ1) is 11.1. The molecule has 0 radical (unpaired) electrons. The van der Waals surface area contributed by atoms with Gasteiger partial charge in [-0.25, -0.2) is 0 Å². The van der Waals surface area contributed by atoms with Crippen LogP contribution in [-0.2, 0) is 6.42 Å². The van der Waals surface area contributed by atoms with Gasteiger partial charge in [-0.1, -0.05) is 0 Å². The van der Waals surface area contributed by atoms with Crippen molar-refractivity contribution in [2.45, 2.75) is 6.42 Å².